The molecule has 90 valence electrons. The van der Waals surface area contributed by atoms with Crippen LogP contribution in [0.5, 0.6) is 0 Å². The minimum absolute atomic E-state index is 0.0802. The van der Waals surface area contributed by atoms with Gasteiger partial charge >= 0.3 is 0 Å². The molecule has 0 bridgehead atoms. The lowest BCUT2D eigenvalue weighted by molar-refractivity contribution is -0.120. The van der Waals surface area contributed by atoms with Crippen LogP contribution in [0.2, 0.25) is 0 Å². The second-order valence-corrected chi connectivity index (χ2v) is 4.39. The fourth-order valence-corrected chi connectivity index (χ4v) is 1.92. The molecule has 0 radical (unpaired) electrons. The standard InChI is InChI=1S/C11H15N5O/c1-2-16-6-12-5-8(16)9-10(17)15-11(14-9)13-7-3-4-7/h5-7,9H,2-4H2,1H3,(H2,13,14,15,17). The molecular weight excluding hydrogens is 218 g/mol. The first-order valence-electron chi connectivity index (χ1n) is 5.93. The van der Waals surface area contributed by atoms with Crippen molar-refractivity contribution >= 4 is 11.9 Å². The summed E-state index contributed by atoms with van der Waals surface area (Å²) in [7, 11) is 0. The summed E-state index contributed by atoms with van der Waals surface area (Å²) in [5, 5.41) is 5.97. The highest BCUT2D eigenvalue weighted by Crippen LogP contribution is 2.23. The van der Waals surface area contributed by atoms with Gasteiger partial charge in [0.15, 0.2) is 12.0 Å². The lowest BCUT2D eigenvalue weighted by atomic mass is 10.2. The molecule has 2 aliphatic rings. The van der Waals surface area contributed by atoms with Crippen LogP contribution < -0.4 is 10.6 Å². The largest absolute Gasteiger partial charge is 0.353 e. The van der Waals surface area contributed by atoms with Gasteiger partial charge in [-0.2, -0.15) is 0 Å². The van der Waals surface area contributed by atoms with Crippen molar-refractivity contribution in [3.8, 4) is 0 Å². The molecule has 1 aliphatic heterocycles. The van der Waals surface area contributed by atoms with E-state index in [1.807, 2.05) is 11.5 Å². The molecule has 1 unspecified atom stereocenters. The van der Waals surface area contributed by atoms with E-state index in [-0.39, 0.29) is 5.91 Å². The molecular formula is C11H15N5O. The first kappa shape index (κ1) is 10.3. The Morgan fingerprint density at radius 1 is 1.59 bits per heavy atom. The van der Waals surface area contributed by atoms with Crippen molar-refractivity contribution in [3.05, 3.63) is 18.2 Å². The molecule has 1 atom stereocenters. The second-order valence-electron chi connectivity index (χ2n) is 4.39. The third-order valence-corrected chi connectivity index (χ3v) is 3.03. The molecule has 1 aromatic rings. The Hall–Kier alpha value is -1.85. The Morgan fingerprint density at radius 3 is 3.12 bits per heavy atom. The maximum absolute atomic E-state index is 11.8. The lowest BCUT2D eigenvalue weighted by Gasteiger charge is -2.06. The number of imidazole rings is 1. The van der Waals surface area contributed by atoms with Crippen molar-refractivity contribution in [2.75, 3.05) is 0 Å². The van der Waals surface area contributed by atoms with Gasteiger partial charge in [-0.1, -0.05) is 0 Å². The molecule has 1 aromatic heterocycles. The number of carbonyl (C=O) groups excluding carboxylic acids is 1. The van der Waals surface area contributed by atoms with Gasteiger partial charge in [0.05, 0.1) is 18.2 Å². The smallest absolute Gasteiger partial charge is 0.257 e. The van der Waals surface area contributed by atoms with Gasteiger partial charge in [-0.3, -0.25) is 10.1 Å². The molecule has 6 heteroatoms. The van der Waals surface area contributed by atoms with E-state index in [0.717, 1.165) is 25.1 Å². The average Bonchev–Trinajstić information content (AvgIpc) is 2.88. The number of aromatic nitrogens is 2. The van der Waals surface area contributed by atoms with E-state index >= 15 is 0 Å². The molecule has 1 saturated carbocycles. The molecule has 1 fully saturated rings. The molecule has 1 amide bonds. The monoisotopic (exact) mass is 233 g/mol. The summed E-state index contributed by atoms with van der Waals surface area (Å²) >= 11 is 0. The number of rotatable bonds is 3. The van der Waals surface area contributed by atoms with Crippen LogP contribution in [-0.2, 0) is 11.3 Å². The van der Waals surface area contributed by atoms with Gasteiger partial charge in [-0.25, -0.2) is 9.98 Å². The molecule has 0 spiro atoms. The van der Waals surface area contributed by atoms with Crippen LogP contribution in [0.4, 0.5) is 0 Å². The number of aryl methyl sites for hydroxylation is 1. The van der Waals surface area contributed by atoms with Crippen LogP contribution in [0.15, 0.2) is 17.5 Å². The average molecular weight is 233 g/mol. The van der Waals surface area contributed by atoms with Crippen LogP contribution in [0, 0.1) is 0 Å². The third-order valence-electron chi connectivity index (χ3n) is 3.03. The minimum atomic E-state index is -0.460. The highest BCUT2D eigenvalue weighted by Gasteiger charge is 2.32. The van der Waals surface area contributed by atoms with Gasteiger partial charge in [-0.15, -0.1) is 0 Å². The van der Waals surface area contributed by atoms with Crippen LogP contribution in [0.3, 0.4) is 0 Å². The van der Waals surface area contributed by atoms with Crippen molar-refractivity contribution in [2.45, 2.75) is 38.4 Å². The van der Waals surface area contributed by atoms with Crippen molar-refractivity contribution in [1.29, 1.82) is 0 Å². The predicted molar refractivity (Wildman–Crippen MR) is 62.4 cm³/mol. The maximum Gasteiger partial charge on any atom is 0.257 e. The molecule has 2 heterocycles. The fourth-order valence-electron chi connectivity index (χ4n) is 1.92. The third kappa shape index (κ3) is 1.90. The number of amides is 1. The van der Waals surface area contributed by atoms with Crippen LogP contribution >= 0.6 is 0 Å². The molecule has 0 aromatic carbocycles. The summed E-state index contributed by atoms with van der Waals surface area (Å²) in [6, 6.07) is 0.0302. The first-order valence-corrected chi connectivity index (χ1v) is 5.93. The van der Waals surface area contributed by atoms with Crippen LogP contribution in [0.1, 0.15) is 31.5 Å². The van der Waals surface area contributed by atoms with Gasteiger partial charge < -0.3 is 9.88 Å². The van der Waals surface area contributed by atoms with E-state index in [9.17, 15) is 4.79 Å². The number of nitrogens with one attached hydrogen (secondary N) is 2. The zero-order chi connectivity index (χ0) is 11.8. The van der Waals surface area contributed by atoms with Crippen LogP contribution in [0.25, 0.3) is 0 Å². The molecule has 2 N–H and O–H groups in total. The summed E-state index contributed by atoms with van der Waals surface area (Å²) < 4.78 is 1.94. The number of carbonyl (C=O) groups is 1. The molecule has 3 rings (SSSR count). The number of hydrogen-bond acceptors (Lipinski definition) is 4. The number of nitrogens with zero attached hydrogens (tertiary/aromatic N) is 3. The van der Waals surface area contributed by atoms with E-state index in [1.165, 1.54) is 0 Å². The van der Waals surface area contributed by atoms with Crippen molar-refractivity contribution in [2.24, 2.45) is 4.99 Å². The van der Waals surface area contributed by atoms with E-state index in [1.54, 1.807) is 12.5 Å². The van der Waals surface area contributed by atoms with E-state index in [4.69, 9.17) is 0 Å². The highest BCUT2D eigenvalue weighted by molar-refractivity contribution is 6.05. The van der Waals surface area contributed by atoms with Crippen molar-refractivity contribution < 1.29 is 4.79 Å². The van der Waals surface area contributed by atoms with Gasteiger partial charge in [-0.05, 0) is 19.8 Å². The Balaban J connectivity index is 1.82. The molecule has 17 heavy (non-hydrogen) atoms. The molecule has 6 nitrogen and oxygen atoms in total. The first-order chi connectivity index (χ1) is 8.28. The summed E-state index contributed by atoms with van der Waals surface area (Å²) in [5.74, 6) is 0.523. The Labute approximate surface area is 99.1 Å². The number of hydrogen-bond donors (Lipinski definition) is 2. The molecule has 1 aliphatic carbocycles. The van der Waals surface area contributed by atoms with Gasteiger partial charge in [0.1, 0.15) is 0 Å². The number of guanidine groups is 1. The minimum Gasteiger partial charge on any atom is -0.353 e. The Bertz CT molecular complexity index is 474. The Kier molecular flexibility index (Phi) is 2.35. The zero-order valence-corrected chi connectivity index (χ0v) is 9.68. The van der Waals surface area contributed by atoms with Gasteiger partial charge in [0.25, 0.3) is 5.91 Å². The van der Waals surface area contributed by atoms with E-state index in [2.05, 4.69) is 20.6 Å². The van der Waals surface area contributed by atoms with E-state index < -0.39 is 6.04 Å². The maximum atomic E-state index is 11.8. The van der Waals surface area contributed by atoms with Crippen molar-refractivity contribution in [3.63, 3.8) is 0 Å². The zero-order valence-electron chi connectivity index (χ0n) is 9.68. The highest BCUT2D eigenvalue weighted by atomic mass is 16.2. The SMILES string of the molecule is CCn1cncc1C1N=C(NC2CC2)NC1=O. The van der Waals surface area contributed by atoms with Crippen LogP contribution in [-0.4, -0.2) is 27.5 Å². The summed E-state index contributed by atoms with van der Waals surface area (Å²) in [5.41, 5.74) is 0.845. The molecule has 0 saturated heterocycles. The topological polar surface area (TPSA) is 71.3 Å². The Morgan fingerprint density at radius 2 is 2.41 bits per heavy atom. The lowest BCUT2D eigenvalue weighted by Crippen LogP contribution is -2.37. The van der Waals surface area contributed by atoms with Gasteiger partial charge in [0.2, 0.25) is 0 Å². The predicted octanol–water partition coefficient (Wildman–Crippen LogP) is 0.182. The normalized spacial score (nSPS) is 23.5. The quantitative estimate of drug-likeness (QED) is 0.782. The summed E-state index contributed by atoms with van der Waals surface area (Å²) in [6.07, 6.45) is 5.75. The van der Waals surface area contributed by atoms with Crippen molar-refractivity contribution in [1.82, 2.24) is 20.2 Å². The summed E-state index contributed by atoms with van der Waals surface area (Å²) in [6.45, 7) is 2.81. The number of aliphatic imine (C=N–C) groups is 1. The fraction of sp³-hybridized carbons (Fsp3) is 0.545. The van der Waals surface area contributed by atoms with Gasteiger partial charge in [0, 0.05) is 12.6 Å². The van der Waals surface area contributed by atoms with E-state index in [0.29, 0.717) is 12.0 Å². The second kappa shape index (κ2) is 3.87. The summed E-state index contributed by atoms with van der Waals surface area (Å²) in [4.78, 5) is 20.3.